The van der Waals surface area contributed by atoms with Gasteiger partial charge in [0, 0.05) is 81.4 Å². The molecule has 3 aliphatic heterocycles. The Morgan fingerprint density at radius 3 is 1.52 bits per heavy atom. The molecule has 540 valence electrons. The third-order valence-electron chi connectivity index (χ3n) is 19.0. The third-order valence-corrected chi connectivity index (χ3v) is 19.0. The maximum absolute atomic E-state index is 15.3. The normalized spacial score (nSPS) is 29.3. The third kappa shape index (κ3) is 21.3. The van der Waals surface area contributed by atoms with Gasteiger partial charge < -0.3 is 74.8 Å². The van der Waals surface area contributed by atoms with Gasteiger partial charge in [0.25, 0.3) is 0 Å². The van der Waals surface area contributed by atoms with Crippen LogP contribution in [-0.2, 0) is 62.2 Å². The van der Waals surface area contributed by atoms with Crippen LogP contribution in [0.3, 0.4) is 0 Å². The Kier molecular flexibility index (Phi) is 32.1. The summed E-state index contributed by atoms with van der Waals surface area (Å²) in [5.41, 5.74) is 0. The molecule has 0 aliphatic carbocycles. The van der Waals surface area contributed by atoms with Crippen molar-refractivity contribution >= 4 is 71.1 Å². The highest BCUT2D eigenvalue weighted by Crippen LogP contribution is 2.30. The summed E-state index contributed by atoms with van der Waals surface area (Å²) in [5, 5.41) is 11.1. The van der Waals surface area contributed by atoms with Crippen molar-refractivity contribution in [3.05, 3.63) is 12.2 Å². The number of nitrogens with one attached hydrogen (secondary N) is 4. The molecule has 3 aliphatic rings. The van der Waals surface area contributed by atoms with Gasteiger partial charge in [-0.05, 0) is 103 Å². The molecular weight excluding hydrogens is 1220 g/mol. The monoisotopic (exact) mass is 1340 g/mol. The molecule has 3 heterocycles. The Hall–Kier alpha value is -6.90. The van der Waals surface area contributed by atoms with Gasteiger partial charge in [0.1, 0.15) is 66.5 Å². The molecule has 27 heteroatoms. The SMILES string of the molecule is CC=CCC(C)C1OC(C)C2C(=O)N(C)C1C(=O)NC(CC)C(=O)N(C)C(C)C(=O)N(C)C(C(C)COC(=O)N1CCN(CC)CC1)C(=O)NC(C(C)C)C(=O)N(C)C(CC(C)C)C(=O)NC(C)C(=O)NC(C)C(=O)N(C)C(CC(C)C)C(=O)N(C)C(CC(C)C)C(=O)N2C. The predicted molar refractivity (Wildman–Crippen MR) is 361 cm³/mol. The number of hydrogen-bond donors (Lipinski definition) is 4. The number of likely N-dealkylation sites (N-methyl/N-ethyl adjacent to an activating group) is 8. The van der Waals surface area contributed by atoms with Crippen molar-refractivity contribution in [1.82, 2.24) is 65.4 Å². The number of fused-ring (bicyclic) bond motifs is 3. The Balaban J connectivity index is 2.33. The molecule has 0 aromatic carbocycles. The van der Waals surface area contributed by atoms with E-state index in [1.807, 2.05) is 74.5 Å². The van der Waals surface area contributed by atoms with Crippen LogP contribution in [0, 0.1) is 35.5 Å². The number of hydrogen-bond acceptors (Lipinski definition) is 15. The Morgan fingerprint density at radius 1 is 0.516 bits per heavy atom. The van der Waals surface area contributed by atoms with Crippen molar-refractivity contribution in [2.75, 3.05) is 88.7 Å². The summed E-state index contributed by atoms with van der Waals surface area (Å²) >= 11 is 0. The van der Waals surface area contributed by atoms with Crippen molar-refractivity contribution in [2.24, 2.45) is 35.5 Å². The molecule has 3 rings (SSSR count). The number of allylic oxidation sites excluding steroid dienone is 2. The topological polar surface area (TPSA) is 301 Å². The second-order valence-corrected chi connectivity index (χ2v) is 28.3. The molecule has 95 heavy (non-hydrogen) atoms. The minimum Gasteiger partial charge on any atom is -0.449 e. The van der Waals surface area contributed by atoms with Gasteiger partial charge >= 0.3 is 6.09 Å². The fourth-order valence-corrected chi connectivity index (χ4v) is 12.7. The number of amides is 12. The number of nitrogens with zero attached hydrogens (tertiary/aromatic N) is 9. The predicted octanol–water partition coefficient (Wildman–Crippen LogP) is 2.79. The average Bonchev–Trinajstić information content (AvgIpc) is 1.71. The largest absolute Gasteiger partial charge is 0.449 e. The number of ether oxygens (including phenoxy) is 2. The molecule has 15 atom stereocenters. The average molecular weight is 1340 g/mol. The second kappa shape index (κ2) is 37.0. The first-order chi connectivity index (χ1) is 44.2. The van der Waals surface area contributed by atoms with Crippen molar-refractivity contribution in [2.45, 2.75) is 228 Å². The first-order valence-corrected chi connectivity index (χ1v) is 34.2. The molecular formula is C68H119N13O14. The lowest BCUT2D eigenvalue weighted by Gasteiger charge is -2.39. The maximum atomic E-state index is 15.3. The number of piperazine rings is 1. The van der Waals surface area contributed by atoms with Crippen molar-refractivity contribution in [3.63, 3.8) is 0 Å². The molecule has 0 radical (unpaired) electrons. The van der Waals surface area contributed by atoms with Gasteiger partial charge in [0.15, 0.2) is 0 Å². The molecule has 2 bridgehead atoms. The van der Waals surface area contributed by atoms with Crippen molar-refractivity contribution in [3.8, 4) is 0 Å². The quantitative estimate of drug-likeness (QED) is 0.172. The van der Waals surface area contributed by atoms with Gasteiger partial charge in [-0.1, -0.05) is 95.2 Å². The standard InChI is InChI=1S/C68H119N13O14/c1-25-28-29-42(12)56-55-60(85)71-48(26-2)63(88)73(18)46(16)62(87)77(22)53(43(13)37-94-68(93)81-32-30-80(27-3)31-33-81)59(84)72-52(41(10)11)66(91)74(19)49(34-38(4)5)58(83)69-44(14)57(82)70-45(15)61(86)75(20)50(35-39(6)7)64(89)76(21)51(36-40(8)9)65(90)78(23)54(47(17)95-56)67(92)79(55)24/h25,28,38-56H,26-27,29-37H2,1-24H3,(H,69,83)(H,70,82)(H,71,85)(H,72,84). The van der Waals surface area contributed by atoms with Gasteiger partial charge in [-0.2, -0.15) is 0 Å². The highest BCUT2D eigenvalue weighted by molar-refractivity contribution is 6.00. The van der Waals surface area contributed by atoms with Crippen LogP contribution in [0.15, 0.2) is 12.2 Å². The van der Waals surface area contributed by atoms with E-state index in [1.54, 1.807) is 39.5 Å². The van der Waals surface area contributed by atoms with Crippen LogP contribution in [0.25, 0.3) is 0 Å². The summed E-state index contributed by atoms with van der Waals surface area (Å²) < 4.78 is 12.6. The minimum absolute atomic E-state index is 0.0180. The zero-order chi connectivity index (χ0) is 72.5. The lowest BCUT2D eigenvalue weighted by Crippen LogP contribution is -2.62. The van der Waals surface area contributed by atoms with Crippen LogP contribution in [-0.4, -0.2) is 283 Å². The van der Waals surface area contributed by atoms with Crippen LogP contribution >= 0.6 is 0 Å². The highest BCUT2D eigenvalue weighted by Gasteiger charge is 2.51. The summed E-state index contributed by atoms with van der Waals surface area (Å²) in [4.78, 5) is 189. The molecule has 3 fully saturated rings. The van der Waals surface area contributed by atoms with E-state index in [9.17, 15) is 28.8 Å². The van der Waals surface area contributed by atoms with Crippen molar-refractivity contribution in [1.29, 1.82) is 0 Å². The van der Waals surface area contributed by atoms with E-state index >= 15 is 28.8 Å². The molecule has 27 nitrogen and oxygen atoms in total. The smallest absolute Gasteiger partial charge is 0.409 e. The van der Waals surface area contributed by atoms with E-state index in [2.05, 4.69) is 26.2 Å². The van der Waals surface area contributed by atoms with Crippen LogP contribution in [0.5, 0.6) is 0 Å². The number of carbonyl (C=O) groups is 12. The van der Waals surface area contributed by atoms with E-state index < -0.39 is 167 Å². The van der Waals surface area contributed by atoms with Crippen LogP contribution in [0.1, 0.15) is 150 Å². The van der Waals surface area contributed by atoms with E-state index in [-0.39, 0.29) is 50.0 Å². The Bertz CT molecular complexity index is 2700. The lowest BCUT2D eigenvalue weighted by molar-refractivity contribution is -0.155. The number of carbonyl (C=O) groups excluding carboxylic acids is 12. The van der Waals surface area contributed by atoms with E-state index in [4.69, 9.17) is 9.47 Å². The van der Waals surface area contributed by atoms with Crippen LogP contribution in [0.4, 0.5) is 4.79 Å². The Labute approximate surface area is 566 Å². The molecule has 0 saturated carbocycles. The molecule has 0 aromatic rings. The van der Waals surface area contributed by atoms with Gasteiger partial charge in [-0.3, -0.25) is 52.7 Å². The highest BCUT2D eigenvalue weighted by atomic mass is 16.6. The summed E-state index contributed by atoms with van der Waals surface area (Å²) in [7, 11) is 9.94. The fraction of sp³-hybridized carbons (Fsp3) is 0.794. The Morgan fingerprint density at radius 2 is 1.01 bits per heavy atom. The first-order valence-electron chi connectivity index (χ1n) is 34.2. The maximum Gasteiger partial charge on any atom is 0.409 e. The van der Waals surface area contributed by atoms with E-state index in [1.165, 1.54) is 94.6 Å². The van der Waals surface area contributed by atoms with E-state index in [0.29, 0.717) is 32.6 Å². The zero-order valence-electron chi connectivity index (χ0n) is 61.6. The molecule has 12 amide bonds. The minimum atomic E-state index is -1.45. The summed E-state index contributed by atoms with van der Waals surface area (Å²) in [6, 6.07) is -14.1. The fourth-order valence-electron chi connectivity index (χ4n) is 12.7. The molecule has 0 spiro atoms. The molecule has 4 N–H and O–H groups in total. The number of rotatable bonds is 15. The first kappa shape index (κ1) is 82.3. The van der Waals surface area contributed by atoms with Gasteiger partial charge in [-0.15, -0.1) is 0 Å². The lowest BCUT2D eigenvalue weighted by atomic mass is 9.92. The molecule has 0 aromatic heterocycles. The van der Waals surface area contributed by atoms with Crippen LogP contribution in [0.2, 0.25) is 0 Å². The van der Waals surface area contributed by atoms with Gasteiger partial charge in [0.05, 0.1) is 18.8 Å². The summed E-state index contributed by atoms with van der Waals surface area (Å²) in [6.45, 7) is 32.1. The van der Waals surface area contributed by atoms with Crippen molar-refractivity contribution < 1.29 is 67.0 Å². The van der Waals surface area contributed by atoms with Gasteiger partial charge in [-0.25, -0.2) is 4.79 Å². The van der Waals surface area contributed by atoms with Gasteiger partial charge in [0.2, 0.25) is 65.0 Å². The summed E-state index contributed by atoms with van der Waals surface area (Å²) in [5.74, 6) is -10.1. The second-order valence-electron chi connectivity index (χ2n) is 28.3. The van der Waals surface area contributed by atoms with E-state index in [0.717, 1.165) is 16.3 Å². The molecule has 15 unspecified atom stereocenters. The van der Waals surface area contributed by atoms with Crippen LogP contribution < -0.4 is 21.3 Å². The summed E-state index contributed by atoms with van der Waals surface area (Å²) in [6.07, 6.45) is 1.91. The zero-order valence-corrected chi connectivity index (χ0v) is 61.6. The molecule has 3 saturated heterocycles.